The molecule has 1 aromatic heterocycles. The van der Waals surface area contributed by atoms with Crippen molar-refractivity contribution in [3.8, 4) is 5.75 Å². The third-order valence-electron chi connectivity index (χ3n) is 6.44. The number of aromatic nitrogens is 1. The number of aromatic amines is 1. The van der Waals surface area contributed by atoms with Gasteiger partial charge in [-0.15, -0.1) is 0 Å². The second kappa shape index (κ2) is 9.84. The van der Waals surface area contributed by atoms with Gasteiger partial charge in [-0.05, 0) is 72.1 Å². The van der Waals surface area contributed by atoms with Gasteiger partial charge >= 0.3 is 0 Å². The summed E-state index contributed by atoms with van der Waals surface area (Å²) in [7, 11) is 1.62. The number of hydrogen-bond acceptors (Lipinski definition) is 4. The molecule has 1 fully saturated rings. The minimum absolute atomic E-state index is 0.0604. The Bertz CT molecular complexity index is 1490. The molecule has 6 nitrogen and oxygen atoms in total. The van der Waals surface area contributed by atoms with Crippen LogP contribution in [0.1, 0.15) is 22.7 Å². The van der Waals surface area contributed by atoms with E-state index in [0.717, 1.165) is 32.3 Å². The van der Waals surface area contributed by atoms with Gasteiger partial charge in [0.25, 0.3) is 11.7 Å². The van der Waals surface area contributed by atoms with E-state index in [0.29, 0.717) is 17.0 Å². The van der Waals surface area contributed by atoms with E-state index in [2.05, 4.69) is 20.9 Å². The standard InChI is InChI=1S/C28H22BrClN2O4/c1-36-21-10-11-23-22(14-21)18(15-31-23)12-13-32-25(16-2-6-19(29)7-3-16)24(27(34)28(32)35)26(33)17-4-8-20(30)9-5-17/h2-11,14-15,25,31,33H,12-13H2,1H3/t25-/m0/s1. The molecule has 4 aromatic rings. The molecule has 5 rings (SSSR count). The average Bonchev–Trinajstić information content (AvgIpc) is 3.40. The maximum Gasteiger partial charge on any atom is 0.295 e. The summed E-state index contributed by atoms with van der Waals surface area (Å²) in [5.41, 5.74) is 3.17. The zero-order valence-electron chi connectivity index (χ0n) is 19.3. The highest BCUT2D eigenvalue weighted by Crippen LogP contribution is 2.40. The van der Waals surface area contributed by atoms with Crippen LogP contribution in [0.25, 0.3) is 16.7 Å². The molecule has 1 saturated heterocycles. The van der Waals surface area contributed by atoms with E-state index in [-0.39, 0.29) is 17.9 Å². The van der Waals surface area contributed by atoms with Crippen LogP contribution in [0, 0.1) is 0 Å². The Labute approximate surface area is 221 Å². The zero-order valence-corrected chi connectivity index (χ0v) is 21.6. The number of amides is 1. The third kappa shape index (κ3) is 4.40. The molecule has 3 aromatic carbocycles. The molecule has 8 heteroatoms. The summed E-state index contributed by atoms with van der Waals surface area (Å²) in [5, 5.41) is 12.7. The quantitative estimate of drug-likeness (QED) is 0.164. The van der Waals surface area contributed by atoms with Crippen LogP contribution in [0.5, 0.6) is 5.75 Å². The molecule has 1 amide bonds. The molecular formula is C28H22BrClN2O4. The van der Waals surface area contributed by atoms with Gasteiger partial charge in [-0.1, -0.05) is 39.7 Å². The second-order valence-electron chi connectivity index (χ2n) is 8.53. The predicted octanol–water partition coefficient (Wildman–Crippen LogP) is 6.26. The van der Waals surface area contributed by atoms with Crippen LogP contribution in [0.2, 0.25) is 5.02 Å². The first-order valence-corrected chi connectivity index (χ1v) is 12.5. The Morgan fingerprint density at radius 1 is 1.08 bits per heavy atom. The molecule has 0 bridgehead atoms. The van der Waals surface area contributed by atoms with Gasteiger partial charge < -0.3 is 19.7 Å². The molecule has 36 heavy (non-hydrogen) atoms. The zero-order chi connectivity index (χ0) is 25.4. The first-order chi connectivity index (χ1) is 17.4. The second-order valence-corrected chi connectivity index (χ2v) is 9.88. The monoisotopic (exact) mass is 564 g/mol. The molecule has 1 aliphatic rings. The Morgan fingerprint density at radius 2 is 1.81 bits per heavy atom. The molecule has 0 radical (unpaired) electrons. The fourth-order valence-electron chi connectivity index (χ4n) is 4.60. The maximum absolute atomic E-state index is 13.3. The van der Waals surface area contributed by atoms with Gasteiger partial charge in [-0.25, -0.2) is 0 Å². The Balaban J connectivity index is 1.55. The number of hydrogen-bond donors (Lipinski definition) is 2. The van der Waals surface area contributed by atoms with E-state index in [1.54, 1.807) is 31.4 Å². The summed E-state index contributed by atoms with van der Waals surface area (Å²) >= 11 is 9.44. The van der Waals surface area contributed by atoms with Crippen molar-refractivity contribution < 1.29 is 19.4 Å². The average molecular weight is 566 g/mol. The number of ketones is 1. The van der Waals surface area contributed by atoms with Crippen LogP contribution in [0.4, 0.5) is 0 Å². The highest BCUT2D eigenvalue weighted by atomic mass is 79.9. The number of methoxy groups -OCH3 is 1. The number of nitrogens with one attached hydrogen (secondary N) is 1. The smallest absolute Gasteiger partial charge is 0.295 e. The van der Waals surface area contributed by atoms with Gasteiger partial charge in [0.1, 0.15) is 11.5 Å². The number of aliphatic hydroxyl groups excluding tert-OH is 1. The van der Waals surface area contributed by atoms with Crippen LogP contribution in [-0.4, -0.2) is 40.3 Å². The summed E-state index contributed by atoms with van der Waals surface area (Å²) in [4.78, 5) is 31.3. The van der Waals surface area contributed by atoms with E-state index in [4.69, 9.17) is 16.3 Å². The number of aliphatic hydroxyl groups is 1. The normalized spacial score (nSPS) is 17.2. The summed E-state index contributed by atoms with van der Waals surface area (Å²) < 4.78 is 6.23. The van der Waals surface area contributed by atoms with Crippen LogP contribution >= 0.6 is 27.5 Å². The number of ether oxygens (including phenoxy) is 1. The van der Waals surface area contributed by atoms with Crippen LogP contribution in [0.3, 0.4) is 0 Å². The number of fused-ring (bicyclic) bond motifs is 1. The van der Waals surface area contributed by atoms with E-state index in [1.807, 2.05) is 48.7 Å². The minimum Gasteiger partial charge on any atom is -0.507 e. The van der Waals surface area contributed by atoms with Gasteiger partial charge in [-0.2, -0.15) is 0 Å². The fourth-order valence-corrected chi connectivity index (χ4v) is 4.99. The minimum atomic E-state index is -0.728. The van der Waals surface area contributed by atoms with Crippen molar-refractivity contribution in [2.24, 2.45) is 0 Å². The van der Waals surface area contributed by atoms with Crippen molar-refractivity contribution in [2.45, 2.75) is 12.5 Å². The summed E-state index contributed by atoms with van der Waals surface area (Å²) in [6.07, 6.45) is 2.41. The molecule has 1 aliphatic heterocycles. The van der Waals surface area contributed by atoms with Crippen molar-refractivity contribution in [1.82, 2.24) is 9.88 Å². The number of likely N-dealkylation sites (tertiary alicyclic amines) is 1. The number of Topliss-reactive ketones (excluding diaryl/α,β-unsaturated/α-hetero) is 1. The number of carbonyl (C=O) groups is 2. The summed E-state index contributed by atoms with van der Waals surface area (Å²) in [6, 6.07) is 19.0. The lowest BCUT2D eigenvalue weighted by molar-refractivity contribution is -0.139. The van der Waals surface area contributed by atoms with E-state index < -0.39 is 17.7 Å². The predicted molar refractivity (Wildman–Crippen MR) is 143 cm³/mol. The van der Waals surface area contributed by atoms with Crippen LogP contribution in [0.15, 0.2) is 83.0 Å². The highest BCUT2D eigenvalue weighted by molar-refractivity contribution is 9.10. The number of halogens is 2. The van der Waals surface area contributed by atoms with Crippen LogP contribution < -0.4 is 4.74 Å². The van der Waals surface area contributed by atoms with E-state index >= 15 is 0 Å². The van der Waals surface area contributed by atoms with Crippen molar-refractivity contribution in [3.05, 3.63) is 105 Å². The van der Waals surface area contributed by atoms with E-state index in [9.17, 15) is 14.7 Å². The van der Waals surface area contributed by atoms with Gasteiger partial charge in [0.2, 0.25) is 0 Å². The fraction of sp³-hybridized carbons (Fsp3) is 0.143. The lowest BCUT2D eigenvalue weighted by Gasteiger charge is -2.25. The highest BCUT2D eigenvalue weighted by Gasteiger charge is 2.45. The Hall–Kier alpha value is -3.55. The Morgan fingerprint density at radius 3 is 2.50 bits per heavy atom. The molecular weight excluding hydrogens is 544 g/mol. The van der Waals surface area contributed by atoms with Gasteiger partial charge in [-0.3, -0.25) is 9.59 Å². The van der Waals surface area contributed by atoms with Gasteiger partial charge in [0.05, 0.1) is 18.7 Å². The third-order valence-corrected chi connectivity index (χ3v) is 7.22. The first kappa shape index (κ1) is 24.2. The number of nitrogens with zero attached hydrogens (tertiary/aromatic N) is 1. The van der Waals surface area contributed by atoms with Crippen molar-refractivity contribution in [3.63, 3.8) is 0 Å². The molecule has 0 spiro atoms. The van der Waals surface area contributed by atoms with Crippen molar-refractivity contribution >= 4 is 55.9 Å². The van der Waals surface area contributed by atoms with Crippen LogP contribution in [-0.2, 0) is 16.0 Å². The van der Waals surface area contributed by atoms with Gasteiger partial charge in [0.15, 0.2) is 0 Å². The van der Waals surface area contributed by atoms with Gasteiger partial charge in [0, 0.05) is 38.7 Å². The molecule has 0 unspecified atom stereocenters. The lowest BCUT2D eigenvalue weighted by atomic mass is 9.95. The van der Waals surface area contributed by atoms with E-state index in [1.165, 1.54) is 4.90 Å². The molecule has 2 N–H and O–H groups in total. The molecule has 182 valence electrons. The maximum atomic E-state index is 13.3. The SMILES string of the molecule is COc1ccc2[nH]cc(CCN3C(=O)C(=O)C(=C(O)c4ccc(Cl)cc4)[C@@H]3c3ccc(Br)cc3)c2c1. The molecule has 2 heterocycles. The largest absolute Gasteiger partial charge is 0.507 e. The number of carbonyl (C=O) groups excluding carboxylic acids is 2. The molecule has 0 saturated carbocycles. The molecule has 1 atom stereocenters. The van der Waals surface area contributed by atoms with Crippen molar-refractivity contribution in [2.75, 3.05) is 13.7 Å². The molecule has 0 aliphatic carbocycles. The topological polar surface area (TPSA) is 82.6 Å². The Kier molecular flexibility index (Phi) is 6.60. The number of rotatable bonds is 6. The summed E-state index contributed by atoms with van der Waals surface area (Å²) in [5.74, 6) is -0.842. The van der Waals surface area contributed by atoms with Crippen molar-refractivity contribution in [1.29, 1.82) is 0 Å². The number of benzene rings is 3. The lowest BCUT2D eigenvalue weighted by Crippen LogP contribution is -2.31. The number of H-pyrrole nitrogens is 1. The first-order valence-electron chi connectivity index (χ1n) is 11.3. The summed E-state index contributed by atoms with van der Waals surface area (Å²) in [6.45, 7) is 0.285.